The molecule has 1 aromatic rings. The number of nitrogens with one attached hydrogen (secondary N) is 3. The third kappa shape index (κ3) is 3.02. The molecule has 1 aromatic carbocycles. The van der Waals surface area contributed by atoms with Crippen LogP contribution in [0.1, 0.15) is 59.2 Å². The Balaban J connectivity index is 1.34. The predicted octanol–water partition coefficient (Wildman–Crippen LogP) is 1.03. The number of hydrogen-bond acceptors (Lipinski definition) is 6. The molecule has 3 fully saturated rings. The lowest BCUT2D eigenvalue weighted by atomic mass is 9.64. The first kappa shape index (κ1) is 18.3. The topological polar surface area (TPSA) is 108 Å². The third-order valence-corrected chi connectivity index (χ3v) is 6.79. The van der Waals surface area contributed by atoms with Crippen molar-refractivity contribution in [1.82, 2.24) is 15.5 Å². The van der Waals surface area contributed by atoms with Gasteiger partial charge in [0.1, 0.15) is 6.04 Å². The lowest BCUT2D eigenvalue weighted by Crippen LogP contribution is -2.54. The predicted molar refractivity (Wildman–Crippen MR) is 104 cm³/mol. The van der Waals surface area contributed by atoms with Crippen molar-refractivity contribution in [3.8, 4) is 0 Å². The van der Waals surface area contributed by atoms with Crippen LogP contribution < -0.4 is 16.0 Å². The Kier molecular flexibility index (Phi) is 4.20. The highest BCUT2D eigenvalue weighted by Gasteiger charge is 2.45. The van der Waals surface area contributed by atoms with Gasteiger partial charge in [0.05, 0.1) is 11.1 Å². The van der Waals surface area contributed by atoms with Gasteiger partial charge in [0, 0.05) is 31.2 Å². The highest BCUT2D eigenvalue weighted by Crippen LogP contribution is 2.46. The van der Waals surface area contributed by atoms with Gasteiger partial charge in [-0.05, 0) is 49.3 Å². The molecule has 1 saturated carbocycles. The Morgan fingerprint density at radius 1 is 1.07 bits per heavy atom. The van der Waals surface area contributed by atoms with Crippen LogP contribution in [0.5, 0.6) is 0 Å². The number of carbonyl (C=O) groups is 4. The van der Waals surface area contributed by atoms with E-state index in [2.05, 4.69) is 16.0 Å². The van der Waals surface area contributed by atoms with Crippen molar-refractivity contribution in [1.29, 1.82) is 0 Å². The molecule has 0 bridgehead atoms. The highest BCUT2D eigenvalue weighted by atomic mass is 16.2. The number of rotatable bonds is 3. The number of nitrogens with zero attached hydrogens (tertiary/aromatic N) is 1. The number of imide groups is 2. The average Bonchev–Trinajstić information content (AvgIpc) is 2.91. The number of fused-ring (bicyclic) bond motifs is 1. The Hall–Kier alpha value is -2.74. The van der Waals surface area contributed by atoms with Crippen molar-refractivity contribution in [2.75, 3.05) is 18.4 Å². The maximum atomic E-state index is 12.9. The zero-order chi connectivity index (χ0) is 20.2. The number of amides is 4. The SMILES string of the molecule is O=C1CCC(N2C(=O)c3ccc(NC4CNCC5(CCC5)C4)cc3C2=O)C(=O)N1. The summed E-state index contributed by atoms with van der Waals surface area (Å²) in [6, 6.07) is 4.53. The minimum Gasteiger partial charge on any atom is -0.381 e. The monoisotopic (exact) mass is 396 g/mol. The molecule has 29 heavy (non-hydrogen) atoms. The first-order chi connectivity index (χ1) is 14.0. The van der Waals surface area contributed by atoms with Crippen LogP contribution in [0.4, 0.5) is 5.69 Å². The number of benzene rings is 1. The first-order valence-corrected chi connectivity index (χ1v) is 10.3. The lowest BCUT2D eigenvalue weighted by Gasteiger charge is -2.48. The summed E-state index contributed by atoms with van der Waals surface area (Å²) in [7, 11) is 0. The van der Waals surface area contributed by atoms with Gasteiger partial charge in [0.25, 0.3) is 11.8 Å². The molecule has 3 aliphatic heterocycles. The second kappa shape index (κ2) is 6.66. The first-order valence-electron chi connectivity index (χ1n) is 10.3. The average molecular weight is 396 g/mol. The zero-order valence-electron chi connectivity index (χ0n) is 16.1. The van der Waals surface area contributed by atoms with Crippen LogP contribution in [0.15, 0.2) is 18.2 Å². The molecule has 8 heteroatoms. The van der Waals surface area contributed by atoms with E-state index in [4.69, 9.17) is 0 Å². The van der Waals surface area contributed by atoms with Crippen molar-refractivity contribution in [2.24, 2.45) is 5.41 Å². The number of hydrogen-bond donors (Lipinski definition) is 3. The standard InChI is InChI=1S/C21H24N4O4/c26-17-5-4-16(18(27)24-17)25-19(28)14-3-2-12(8-15(14)20(25)29)23-13-9-21(6-1-7-21)11-22-10-13/h2-3,8,13,16,22-23H,1,4-7,9-11H2,(H,24,26,27). The van der Waals surface area contributed by atoms with Crippen LogP contribution in [0, 0.1) is 5.41 Å². The summed E-state index contributed by atoms with van der Waals surface area (Å²) in [5, 5.41) is 9.24. The Labute approximate surface area is 168 Å². The van der Waals surface area contributed by atoms with Gasteiger partial charge in [-0.1, -0.05) is 6.42 Å². The van der Waals surface area contributed by atoms with Crippen LogP contribution in [0.25, 0.3) is 0 Å². The molecule has 5 rings (SSSR count). The minimum atomic E-state index is -0.933. The van der Waals surface area contributed by atoms with Gasteiger partial charge in [-0.15, -0.1) is 0 Å². The van der Waals surface area contributed by atoms with Crippen molar-refractivity contribution in [3.63, 3.8) is 0 Å². The van der Waals surface area contributed by atoms with Gasteiger partial charge in [-0.2, -0.15) is 0 Å². The molecule has 4 amide bonds. The fraction of sp³-hybridized carbons (Fsp3) is 0.524. The largest absolute Gasteiger partial charge is 0.381 e. The maximum Gasteiger partial charge on any atom is 0.262 e. The van der Waals surface area contributed by atoms with Crippen LogP contribution in [0.2, 0.25) is 0 Å². The number of piperidine rings is 2. The van der Waals surface area contributed by atoms with Crippen LogP contribution in [0.3, 0.4) is 0 Å². The van der Waals surface area contributed by atoms with E-state index in [1.807, 2.05) is 6.07 Å². The van der Waals surface area contributed by atoms with Crippen LogP contribution in [-0.2, 0) is 9.59 Å². The van der Waals surface area contributed by atoms with E-state index in [0.717, 1.165) is 30.1 Å². The molecular formula is C21H24N4O4. The smallest absolute Gasteiger partial charge is 0.262 e. The lowest BCUT2D eigenvalue weighted by molar-refractivity contribution is -0.136. The van der Waals surface area contributed by atoms with Gasteiger partial charge in [-0.25, -0.2) is 0 Å². The van der Waals surface area contributed by atoms with E-state index in [-0.39, 0.29) is 24.8 Å². The highest BCUT2D eigenvalue weighted by molar-refractivity contribution is 6.23. The summed E-state index contributed by atoms with van der Waals surface area (Å²) in [5.41, 5.74) is 1.83. The van der Waals surface area contributed by atoms with E-state index >= 15 is 0 Å². The molecule has 0 aromatic heterocycles. The van der Waals surface area contributed by atoms with Crippen molar-refractivity contribution in [2.45, 2.75) is 50.6 Å². The van der Waals surface area contributed by atoms with E-state index < -0.39 is 23.8 Å². The van der Waals surface area contributed by atoms with E-state index in [1.165, 1.54) is 19.3 Å². The normalized spacial score (nSPS) is 28.2. The quantitative estimate of drug-likeness (QED) is 0.659. The summed E-state index contributed by atoms with van der Waals surface area (Å²) in [4.78, 5) is 50.3. The second-order valence-electron chi connectivity index (χ2n) is 8.74. The maximum absolute atomic E-state index is 12.9. The summed E-state index contributed by atoms with van der Waals surface area (Å²) < 4.78 is 0. The molecule has 1 spiro atoms. The Bertz CT molecular complexity index is 923. The summed E-state index contributed by atoms with van der Waals surface area (Å²) >= 11 is 0. The molecule has 8 nitrogen and oxygen atoms in total. The molecule has 2 unspecified atom stereocenters. The van der Waals surface area contributed by atoms with Crippen molar-refractivity contribution >= 4 is 29.3 Å². The fourth-order valence-electron chi connectivity index (χ4n) is 5.13. The molecular weight excluding hydrogens is 372 g/mol. The van der Waals surface area contributed by atoms with Crippen LogP contribution in [-0.4, -0.2) is 53.7 Å². The zero-order valence-corrected chi connectivity index (χ0v) is 16.1. The summed E-state index contributed by atoms with van der Waals surface area (Å²) in [6.45, 7) is 1.94. The molecule has 2 atom stereocenters. The molecule has 3 N–H and O–H groups in total. The summed E-state index contributed by atoms with van der Waals surface area (Å²) in [5.74, 6) is -1.91. The van der Waals surface area contributed by atoms with Gasteiger partial charge >= 0.3 is 0 Å². The van der Waals surface area contributed by atoms with Gasteiger partial charge in [-0.3, -0.25) is 29.4 Å². The molecule has 152 valence electrons. The molecule has 1 aliphatic carbocycles. The molecule has 4 aliphatic rings. The van der Waals surface area contributed by atoms with Crippen molar-refractivity contribution < 1.29 is 19.2 Å². The molecule has 2 saturated heterocycles. The van der Waals surface area contributed by atoms with E-state index in [0.29, 0.717) is 16.5 Å². The third-order valence-electron chi connectivity index (χ3n) is 6.79. The number of carbonyl (C=O) groups excluding carboxylic acids is 4. The Morgan fingerprint density at radius 3 is 2.59 bits per heavy atom. The summed E-state index contributed by atoms with van der Waals surface area (Å²) in [6.07, 6.45) is 5.20. The minimum absolute atomic E-state index is 0.118. The molecule has 3 heterocycles. The van der Waals surface area contributed by atoms with Gasteiger partial charge in [0.15, 0.2) is 0 Å². The van der Waals surface area contributed by atoms with E-state index in [1.54, 1.807) is 12.1 Å². The number of anilines is 1. The second-order valence-corrected chi connectivity index (χ2v) is 8.74. The van der Waals surface area contributed by atoms with Gasteiger partial charge in [0.2, 0.25) is 11.8 Å². The fourth-order valence-corrected chi connectivity index (χ4v) is 5.13. The molecule has 0 radical (unpaired) electrons. The van der Waals surface area contributed by atoms with Crippen LogP contribution >= 0.6 is 0 Å². The Morgan fingerprint density at radius 2 is 1.86 bits per heavy atom. The van der Waals surface area contributed by atoms with Gasteiger partial charge < -0.3 is 10.6 Å². The van der Waals surface area contributed by atoms with Crippen molar-refractivity contribution in [3.05, 3.63) is 29.3 Å². The van der Waals surface area contributed by atoms with E-state index in [9.17, 15) is 19.2 Å².